The van der Waals surface area contributed by atoms with Crippen LogP contribution in [0.1, 0.15) is 20.8 Å². The Hall–Kier alpha value is -2.10. The monoisotopic (exact) mass is 484 g/mol. The Morgan fingerprint density at radius 1 is 1.03 bits per heavy atom. The third-order valence-corrected chi connectivity index (χ3v) is 7.05. The van der Waals surface area contributed by atoms with Gasteiger partial charge in [-0.1, -0.05) is 35.3 Å². The largest absolute Gasteiger partial charge is 0.495 e. The predicted octanol–water partition coefficient (Wildman–Crippen LogP) is 4.47. The molecule has 0 aliphatic rings. The van der Waals surface area contributed by atoms with E-state index in [4.69, 9.17) is 27.9 Å². The zero-order chi connectivity index (χ0) is 21.7. The van der Waals surface area contributed by atoms with Crippen molar-refractivity contribution < 1.29 is 17.9 Å². The second-order valence-corrected chi connectivity index (χ2v) is 10.2. The number of rotatable bonds is 8. The lowest BCUT2D eigenvalue weighted by molar-refractivity contribution is 0.0951. The first-order valence-electron chi connectivity index (χ1n) is 8.73. The van der Waals surface area contributed by atoms with Gasteiger partial charge in [-0.15, -0.1) is 11.3 Å². The smallest absolute Gasteiger partial charge is 0.251 e. The van der Waals surface area contributed by atoms with Crippen LogP contribution in [-0.4, -0.2) is 21.4 Å². The SMILES string of the molecule is COc1ccc(C(=O)NCc2ccc(Cl)s2)cc1S(=O)(=O)NCc1ccc(Cl)cc1. The summed E-state index contributed by atoms with van der Waals surface area (Å²) in [5.74, 6) is -0.267. The van der Waals surface area contributed by atoms with E-state index in [0.717, 1.165) is 10.4 Å². The third-order valence-electron chi connectivity index (χ3n) is 4.15. The molecule has 0 spiro atoms. The summed E-state index contributed by atoms with van der Waals surface area (Å²) in [5.41, 5.74) is 0.941. The number of carbonyl (C=O) groups excluding carboxylic acids is 1. The van der Waals surface area contributed by atoms with Crippen LogP contribution in [0.4, 0.5) is 0 Å². The fraction of sp³-hybridized carbons (Fsp3) is 0.150. The zero-order valence-corrected chi connectivity index (χ0v) is 19.0. The molecule has 1 amide bonds. The molecule has 0 atom stereocenters. The standard InChI is InChI=1S/C20H18Cl2N2O4S2/c1-28-17-8-4-14(20(25)23-12-16-7-9-19(22)29-16)10-18(17)30(26,27)24-11-13-2-5-15(21)6-3-13/h2-10,24H,11-12H2,1H3,(H,23,25). The lowest BCUT2D eigenvalue weighted by atomic mass is 10.2. The molecule has 0 saturated carbocycles. The van der Waals surface area contributed by atoms with E-state index in [1.165, 1.54) is 36.6 Å². The van der Waals surface area contributed by atoms with E-state index in [1.54, 1.807) is 30.3 Å². The zero-order valence-electron chi connectivity index (χ0n) is 15.8. The molecule has 3 aromatic rings. The number of sulfonamides is 1. The maximum Gasteiger partial charge on any atom is 0.251 e. The summed E-state index contributed by atoms with van der Waals surface area (Å²) in [6.45, 7) is 0.358. The molecule has 0 aliphatic heterocycles. The van der Waals surface area contributed by atoms with Gasteiger partial charge in [-0.2, -0.15) is 0 Å². The average Bonchev–Trinajstić information content (AvgIpc) is 3.16. The van der Waals surface area contributed by atoms with Gasteiger partial charge in [-0.25, -0.2) is 13.1 Å². The Morgan fingerprint density at radius 2 is 1.77 bits per heavy atom. The van der Waals surface area contributed by atoms with Crippen LogP contribution in [0.2, 0.25) is 9.36 Å². The lowest BCUT2D eigenvalue weighted by Crippen LogP contribution is -2.25. The van der Waals surface area contributed by atoms with Crippen LogP contribution in [0, 0.1) is 0 Å². The van der Waals surface area contributed by atoms with Gasteiger partial charge in [-0.05, 0) is 48.0 Å². The number of nitrogens with one attached hydrogen (secondary N) is 2. The molecule has 30 heavy (non-hydrogen) atoms. The molecule has 2 aromatic carbocycles. The molecule has 10 heteroatoms. The van der Waals surface area contributed by atoms with E-state index in [0.29, 0.717) is 15.9 Å². The highest BCUT2D eigenvalue weighted by atomic mass is 35.5. The van der Waals surface area contributed by atoms with Gasteiger partial charge in [0.2, 0.25) is 10.0 Å². The third kappa shape index (κ3) is 5.74. The number of benzene rings is 2. The minimum absolute atomic E-state index is 0.0677. The predicted molar refractivity (Wildman–Crippen MR) is 119 cm³/mol. The lowest BCUT2D eigenvalue weighted by Gasteiger charge is -2.13. The number of ether oxygens (including phenoxy) is 1. The van der Waals surface area contributed by atoms with Gasteiger partial charge in [0.1, 0.15) is 10.6 Å². The highest BCUT2D eigenvalue weighted by molar-refractivity contribution is 7.89. The summed E-state index contributed by atoms with van der Waals surface area (Å²) in [4.78, 5) is 13.3. The van der Waals surface area contributed by atoms with Crippen LogP contribution in [0.15, 0.2) is 59.5 Å². The molecule has 1 aromatic heterocycles. The van der Waals surface area contributed by atoms with E-state index >= 15 is 0 Å². The van der Waals surface area contributed by atoms with Crippen molar-refractivity contribution in [2.24, 2.45) is 0 Å². The van der Waals surface area contributed by atoms with Crippen LogP contribution in [-0.2, 0) is 23.1 Å². The molecule has 158 valence electrons. The van der Waals surface area contributed by atoms with Gasteiger partial charge in [0.15, 0.2) is 0 Å². The molecule has 0 radical (unpaired) electrons. The summed E-state index contributed by atoms with van der Waals surface area (Å²) >= 11 is 13.1. The molecule has 1 heterocycles. The van der Waals surface area contributed by atoms with Crippen LogP contribution < -0.4 is 14.8 Å². The van der Waals surface area contributed by atoms with Gasteiger partial charge in [0.05, 0.1) is 18.0 Å². The summed E-state index contributed by atoms with van der Waals surface area (Å²) in [5, 5.41) is 3.31. The number of thiophene rings is 1. The fourth-order valence-corrected chi connectivity index (χ4v) is 4.97. The van der Waals surface area contributed by atoms with Crippen molar-refractivity contribution >= 4 is 50.5 Å². The van der Waals surface area contributed by atoms with Gasteiger partial charge < -0.3 is 10.1 Å². The van der Waals surface area contributed by atoms with Gasteiger partial charge in [0.25, 0.3) is 5.91 Å². The van der Waals surface area contributed by atoms with Crippen LogP contribution in [0.3, 0.4) is 0 Å². The van der Waals surface area contributed by atoms with Crippen molar-refractivity contribution in [3.63, 3.8) is 0 Å². The summed E-state index contributed by atoms with van der Waals surface area (Å²) in [6.07, 6.45) is 0. The molecule has 0 bridgehead atoms. The Labute approximate surface area is 188 Å². The van der Waals surface area contributed by atoms with Crippen LogP contribution >= 0.6 is 34.5 Å². The molecule has 6 nitrogen and oxygen atoms in total. The number of carbonyl (C=O) groups is 1. The van der Waals surface area contributed by atoms with E-state index in [2.05, 4.69) is 10.0 Å². The molecule has 2 N–H and O–H groups in total. The molecule has 0 saturated heterocycles. The second kappa shape index (κ2) is 9.80. The van der Waals surface area contributed by atoms with Gasteiger partial charge in [-0.3, -0.25) is 4.79 Å². The van der Waals surface area contributed by atoms with Gasteiger partial charge >= 0.3 is 0 Å². The Bertz CT molecular complexity index is 1150. The Morgan fingerprint density at radius 3 is 2.40 bits per heavy atom. The first-order valence-corrected chi connectivity index (χ1v) is 11.8. The maximum atomic E-state index is 12.8. The number of hydrogen-bond acceptors (Lipinski definition) is 5. The summed E-state index contributed by atoms with van der Waals surface area (Å²) in [7, 11) is -2.57. The average molecular weight is 485 g/mol. The number of hydrogen-bond donors (Lipinski definition) is 2. The van der Waals surface area contributed by atoms with E-state index in [-0.39, 0.29) is 22.8 Å². The van der Waals surface area contributed by atoms with Crippen molar-refractivity contribution in [1.82, 2.24) is 10.0 Å². The van der Waals surface area contributed by atoms with Crippen molar-refractivity contribution in [3.8, 4) is 5.75 Å². The first-order chi connectivity index (χ1) is 14.3. The quantitative estimate of drug-likeness (QED) is 0.493. The Balaban J connectivity index is 1.76. The van der Waals surface area contributed by atoms with E-state index < -0.39 is 15.9 Å². The minimum atomic E-state index is -3.93. The molecular formula is C20H18Cl2N2O4S2. The number of methoxy groups -OCH3 is 1. The highest BCUT2D eigenvalue weighted by Crippen LogP contribution is 2.26. The van der Waals surface area contributed by atoms with Crippen molar-refractivity contribution in [3.05, 3.63) is 80.0 Å². The van der Waals surface area contributed by atoms with Crippen LogP contribution in [0.25, 0.3) is 0 Å². The number of halogens is 2. The molecule has 0 unspecified atom stereocenters. The fourth-order valence-electron chi connectivity index (χ4n) is 2.60. The van der Waals surface area contributed by atoms with Crippen LogP contribution in [0.5, 0.6) is 5.75 Å². The number of amides is 1. The maximum absolute atomic E-state index is 12.8. The van der Waals surface area contributed by atoms with E-state index in [9.17, 15) is 13.2 Å². The van der Waals surface area contributed by atoms with Crippen molar-refractivity contribution in [2.45, 2.75) is 18.0 Å². The van der Waals surface area contributed by atoms with Gasteiger partial charge in [0, 0.05) is 22.0 Å². The summed E-state index contributed by atoms with van der Waals surface area (Å²) in [6, 6.07) is 14.6. The minimum Gasteiger partial charge on any atom is -0.495 e. The normalized spacial score (nSPS) is 11.3. The molecule has 3 rings (SSSR count). The van der Waals surface area contributed by atoms with Crippen molar-refractivity contribution in [2.75, 3.05) is 7.11 Å². The topological polar surface area (TPSA) is 84.5 Å². The Kier molecular flexibility index (Phi) is 7.38. The molecule has 0 fully saturated rings. The molecule has 0 aliphatic carbocycles. The highest BCUT2D eigenvalue weighted by Gasteiger charge is 2.21. The second-order valence-electron chi connectivity index (χ2n) is 6.21. The summed E-state index contributed by atoms with van der Waals surface area (Å²) < 4.78 is 34.0. The molecular weight excluding hydrogens is 467 g/mol. The van der Waals surface area contributed by atoms with E-state index in [1.807, 2.05) is 6.07 Å². The van der Waals surface area contributed by atoms with Crippen molar-refractivity contribution in [1.29, 1.82) is 0 Å². The first kappa shape index (κ1) is 22.6.